The van der Waals surface area contributed by atoms with Gasteiger partial charge in [0.25, 0.3) is 5.91 Å². The molecule has 6 nitrogen and oxygen atoms in total. The first-order valence-electron chi connectivity index (χ1n) is 6.34. The Balaban J connectivity index is 2.16. The molecule has 1 amide bonds. The van der Waals surface area contributed by atoms with Crippen molar-refractivity contribution >= 4 is 11.6 Å². The Kier molecular flexibility index (Phi) is 3.93. The van der Waals surface area contributed by atoms with Crippen LogP contribution in [0.3, 0.4) is 0 Å². The molecule has 1 heterocycles. The molecule has 106 valence electrons. The molecule has 0 fully saturated rings. The lowest BCUT2D eigenvalue weighted by Gasteiger charge is -2.11. The van der Waals surface area contributed by atoms with Gasteiger partial charge in [0.2, 0.25) is 0 Å². The first-order valence-corrected chi connectivity index (χ1v) is 6.34. The molecule has 2 rings (SSSR count). The van der Waals surface area contributed by atoms with Gasteiger partial charge in [0.1, 0.15) is 6.61 Å². The third-order valence-electron chi connectivity index (χ3n) is 2.87. The van der Waals surface area contributed by atoms with Crippen molar-refractivity contribution in [2.24, 2.45) is 5.73 Å². The van der Waals surface area contributed by atoms with Crippen molar-refractivity contribution < 1.29 is 9.53 Å². The number of nitrogen functional groups attached to an aromatic ring is 1. The average molecular weight is 274 g/mol. The molecule has 0 unspecified atom stereocenters. The molecule has 0 aliphatic rings. The van der Waals surface area contributed by atoms with E-state index in [1.54, 1.807) is 18.2 Å². The maximum Gasteiger partial charge on any atom is 0.252 e. The third kappa shape index (κ3) is 2.90. The van der Waals surface area contributed by atoms with Crippen molar-refractivity contribution in [2.45, 2.75) is 26.5 Å². The number of amides is 1. The van der Waals surface area contributed by atoms with Crippen LogP contribution in [0, 0.1) is 0 Å². The number of ether oxygens (including phenoxy) is 1. The summed E-state index contributed by atoms with van der Waals surface area (Å²) in [4.78, 5) is 11.3. The predicted molar refractivity (Wildman–Crippen MR) is 76.3 cm³/mol. The van der Waals surface area contributed by atoms with Gasteiger partial charge in [-0.1, -0.05) is 6.07 Å². The van der Waals surface area contributed by atoms with Gasteiger partial charge in [-0.3, -0.25) is 9.48 Å². The van der Waals surface area contributed by atoms with Gasteiger partial charge >= 0.3 is 0 Å². The minimum atomic E-state index is -0.569. The molecular formula is C14H18N4O2. The number of nitrogens with zero attached hydrogens (tertiary/aromatic N) is 2. The quantitative estimate of drug-likeness (QED) is 0.811. The molecule has 0 atom stereocenters. The number of carbonyl (C=O) groups is 1. The summed E-state index contributed by atoms with van der Waals surface area (Å²) in [7, 11) is 0. The van der Waals surface area contributed by atoms with Crippen molar-refractivity contribution in [2.75, 3.05) is 5.73 Å². The molecule has 20 heavy (non-hydrogen) atoms. The van der Waals surface area contributed by atoms with E-state index in [9.17, 15) is 4.79 Å². The molecule has 0 radical (unpaired) electrons. The Morgan fingerprint density at radius 3 is 2.75 bits per heavy atom. The maximum atomic E-state index is 11.3. The zero-order valence-electron chi connectivity index (χ0n) is 11.5. The van der Waals surface area contributed by atoms with Crippen LogP contribution in [0.2, 0.25) is 0 Å². The van der Waals surface area contributed by atoms with Crippen LogP contribution in [0.5, 0.6) is 5.75 Å². The van der Waals surface area contributed by atoms with E-state index in [1.807, 2.05) is 30.8 Å². The second kappa shape index (κ2) is 5.64. The number of para-hydroxylation sites is 1. The first kappa shape index (κ1) is 13.9. The lowest BCUT2D eigenvalue weighted by Crippen LogP contribution is -2.14. The number of hydrogen-bond acceptors (Lipinski definition) is 4. The zero-order chi connectivity index (χ0) is 14.7. The van der Waals surface area contributed by atoms with Gasteiger partial charge in [0.05, 0.1) is 16.9 Å². The van der Waals surface area contributed by atoms with Crippen molar-refractivity contribution in [1.29, 1.82) is 0 Å². The second-order valence-electron chi connectivity index (χ2n) is 4.76. The largest absolute Gasteiger partial charge is 0.484 e. The molecule has 0 spiro atoms. The lowest BCUT2D eigenvalue weighted by atomic mass is 10.1. The van der Waals surface area contributed by atoms with Crippen LogP contribution >= 0.6 is 0 Å². The second-order valence-corrected chi connectivity index (χ2v) is 4.76. The highest BCUT2D eigenvalue weighted by molar-refractivity contribution is 5.97. The van der Waals surface area contributed by atoms with Crippen LogP contribution in [0.4, 0.5) is 5.69 Å². The Labute approximate surface area is 117 Å². The van der Waals surface area contributed by atoms with E-state index >= 15 is 0 Å². The summed E-state index contributed by atoms with van der Waals surface area (Å²) < 4.78 is 7.44. The van der Waals surface area contributed by atoms with Gasteiger partial charge in [-0.25, -0.2) is 0 Å². The molecule has 1 aromatic carbocycles. The molecule has 0 saturated carbocycles. The van der Waals surface area contributed by atoms with Gasteiger partial charge < -0.3 is 16.2 Å². The van der Waals surface area contributed by atoms with Crippen molar-refractivity contribution in [3.63, 3.8) is 0 Å². The molecule has 0 bridgehead atoms. The van der Waals surface area contributed by atoms with E-state index in [4.69, 9.17) is 16.2 Å². The molecule has 0 aliphatic heterocycles. The van der Waals surface area contributed by atoms with Crippen molar-refractivity contribution in [3.05, 3.63) is 41.7 Å². The summed E-state index contributed by atoms with van der Waals surface area (Å²) in [5, 5.41) is 4.36. The van der Waals surface area contributed by atoms with Crippen LogP contribution in [0.25, 0.3) is 0 Å². The van der Waals surface area contributed by atoms with Crippen LogP contribution in [-0.2, 0) is 6.61 Å². The first-order chi connectivity index (χ1) is 9.49. The maximum absolute atomic E-state index is 11.3. The summed E-state index contributed by atoms with van der Waals surface area (Å²) in [5.41, 5.74) is 12.5. The predicted octanol–water partition coefficient (Wildman–Crippen LogP) is 1.72. The summed E-state index contributed by atoms with van der Waals surface area (Å²) in [6.07, 6.45) is 1.88. The fraction of sp³-hybridized carbons (Fsp3) is 0.286. The number of nitrogens with two attached hydrogens (primary N) is 2. The Morgan fingerprint density at radius 1 is 1.40 bits per heavy atom. The van der Waals surface area contributed by atoms with Crippen molar-refractivity contribution in [1.82, 2.24) is 9.78 Å². The molecule has 0 aliphatic carbocycles. The number of carbonyl (C=O) groups excluding carboxylic acids is 1. The third-order valence-corrected chi connectivity index (χ3v) is 2.87. The highest BCUT2D eigenvalue weighted by atomic mass is 16.5. The minimum Gasteiger partial charge on any atom is -0.484 e. The number of aromatic nitrogens is 2. The average Bonchev–Trinajstić information content (AvgIpc) is 2.86. The number of hydrogen-bond donors (Lipinski definition) is 2. The molecule has 6 heteroatoms. The molecule has 2 aromatic rings. The van der Waals surface area contributed by atoms with Crippen LogP contribution in [0.15, 0.2) is 30.5 Å². The number of benzene rings is 1. The van der Waals surface area contributed by atoms with E-state index in [0.29, 0.717) is 11.4 Å². The summed E-state index contributed by atoms with van der Waals surface area (Å²) in [6.45, 7) is 4.31. The number of rotatable bonds is 5. The Bertz CT molecular complexity index is 619. The van der Waals surface area contributed by atoms with Gasteiger partial charge in [-0.2, -0.15) is 5.10 Å². The SMILES string of the molecule is CC(C)n1ccc(COc2c(N)cccc2C(N)=O)n1. The Morgan fingerprint density at radius 2 is 2.15 bits per heavy atom. The lowest BCUT2D eigenvalue weighted by molar-refractivity contribution is 0.0996. The van der Waals surface area contributed by atoms with Crippen LogP contribution in [-0.4, -0.2) is 15.7 Å². The minimum absolute atomic E-state index is 0.230. The van der Waals surface area contributed by atoms with Gasteiger partial charge in [0, 0.05) is 12.2 Å². The standard InChI is InChI=1S/C14H18N4O2/c1-9(2)18-7-6-10(17-18)8-20-13-11(14(16)19)4-3-5-12(13)15/h3-7,9H,8,15H2,1-2H3,(H2,16,19). The van der Waals surface area contributed by atoms with Gasteiger partial charge in [-0.05, 0) is 32.0 Å². The van der Waals surface area contributed by atoms with Crippen LogP contribution in [0.1, 0.15) is 35.9 Å². The number of primary amides is 1. The van der Waals surface area contributed by atoms with E-state index in [-0.39, 0.29) is 18.2 Å². The summed E-state index contributed by atoms with van der Waals surface area (Å²) in [6, 6.07) is 7.06. The molecule has 0 saturated heterocycles. The van der Waals surface area contributed by atoms with Gasteiger partial charge in [0.15, 0.2) is 5.75 Å². The fourth-order valence-electron chi connectivity index (χ4n) is 1.80. The summed E-state index contributed by atoms with van der Waals surface area (Å²) >= 11 is 0. The Hall–Kier alpha value is -2.50. The van der Waals surface area contributed by atoms with E-state index in [0.717, 1.165) is 5.69 Å². The normalized spacial score (nSPS) is 10.8. The molecule has 4 N–H and O–H groups in total. The highest BCUT2D eigenvalue weighted by Crippen LogP contribution is 2.26. The van der Waals surface area contributed by atoms with E-state index in [1.165, 1.54) is 0 Å². The van der Waals surface area contributed by atoms with E-state index < -0.39 is 5.91 Å². The van der Waals surface area contributed by atoms with Gasteiger partial charge in [-0.15, -0.1) is 0 Å². The smallest absolute Gasteiger partial charge is 0.252 e. The van der Waals surface area contributed by atoms with Crippen LogP contribution < -0.4 is 16.2 Å². The molecular weight excluding hydrogens is 256 g/mol. The van der Waals surface area contributed by atoms with Crippen molar-refractivity contribution in [3.8, 4) is 5.75 Å². The van der Waals surface area contributed by atoms with E-state index in [2.05, 4.69) is 5.10 Å². The fourth-order valence-corrected chi connectivity index (χ4v) is 1.80. The number of anilines is 1. The highest BCUT2D eigenvalue weighted by Gasteiger charge is 2.13. The zero-order valence-corrected chi connectivity index (χ0v) is 11.5. The monoisotopic (exact) mass is 274 g/mol. The molecule has 1 aromatic heterocycles. The summed E-state index contributed by atoms with van der Waals surface area (Å²) in [5.74, 6) is -0.265. The topological polar surface area (TPSA) is 96.2 Å².